The van der Waals surface area contributed by atoms with Crippen molar-refractivity contribution < 1.29 is 9.18 Å². The molecular formula is C12H15BrFNO. The molecule has 0 aliphatic heterocycles. The van der Waals surface area contributed by atoms with Crippen molar-refractivity contribution in [1.82, 2.24) is 5.32 Å². The highest BCUT2D eigenvalue weighted by Gasteiger charge is 2.13. The number of carbonyl (C=O) groups is 1. The van der Waals surface area contributed by atoms with Gasteiger partial charge in [-0.15, -0.1) is 0 Å². The van der Waals surface area contributed by atoms with Crippen molar-refractivity contribution >= 4 is 21.8 Å². The van der Waals surface area contributed by atoms with E-state index in [-0.39, 0.29) is 17.5 Å². The molecule has 0 aromatic heterocycles. The fourth-order valence-electron chi connectivity index (χ4n) is 1.35. The highest BCUT2D eigenvalue weighted by atomic mass is 79.9. The van der Waals surface area contributed by atoms with E-state index in [1.165, 1.54) is 6.07 Å². The fraction of sp³-hybridized carbons (Fsp3) is 0.417. The molecule has 0 spiro atoms. The minimum Gasteiger partial charge on any atom is -0.349 e. The standard InChI is InChI=1S/C12H15BrFNO/c1-8-3-4-11(14)10(7-8)12(16)15-9(2)5-6-13/h3-4,7,9H,5-6H2,1-2H3,(H,15,16). The maximum Gasteiger partial charge on any atom is 0.254 e. The van der Waals surface area contributed by atoms with Gasteiger partial charge >= 0.3 is 0 Å². The summed E-state index contributed by atoms with van der Waals surface area (Å²) in [7, 11) is 0. The van der Waals surface area contributed by atoms with E-state index in [1.807, 2.05) is 13.8 Å². The molecule has 0 saturated heterocycles. The molecule has 0 saturated carbocycles. The zero-order valence-corrected chi connectivity index (χ0v) is 11.0. The third-order valence-corrected chi connectivity index (χ3v) is 2.74. The lowest BCUT2D eigenvalue weighted by Gasteiger charge is -2.13. The Morgan fingerprint density at radius 2 is 2.25 bits per heavy atom. The van der Waals surface area contributed by atoms with Gasteiger partial charge in [-0.25, -0.2) is 4.39 Å². The number of carbonyl (C=O) groups excluding carboxylic acids is 1. The van der Waals surface area contributed by atoms with E-state index < -0.39 is 5.82 Å². The molecule has 4 heteroatoms. The van der Waals surface area contributed by atoms with Crippen LogP contribution in [0.1, 0.15) is 29.3 Å². The SMILES string of the molecule is Cc1ccc(F)c(C(=O)NC(C)CCBr)c1. The second-order valence-corrected chi connectivity index (χ2v) is 4.63. The maximum atomic E-state index is 13.4. The molecule has 0 aliphatic carbocycles. The van der Waals surface area contributed by atoms with Gasteiger partial charge < -0.3 is 5.32 Å². The lowest BCUT2D eigenvalue weighted by atomic mass is 10.1. The quantitative estimate of drug-likeness (QED) is 0.848. The van der Waals surface area contributed by atoms with Crippen molar-refractivity contribution in [2.45, 2.75) is 26.3 Å². The first-order valence-electron chi connectivity index (χ1n) is 5.17. The number of hydrogen-bond donors (Lipinski definition) is 1. The molecule has 88 valence electrons. The average Bonchev–Trinajstić information content (AvgIpc) is 2.21. The largest absolute Gasteiger partial charge is 0.349 e. The summed E-state index contributed by atoms with van der Waals surface area (Å²) in [6, 6.07) is 4.56. The third-order valence-electron chi connectivity index (χ3n) is 2.29. The average molecular weight is 288 g/mol. The molecule has 1 aromatic rings. The highest BCUT2D eigenvalue weighted by Crippen LogP contribution is 2.10. The topological polar surface area (TPSA) is 29.1 Å². The van der Waals surface area contributed by atoms with E-state index >= 15 is 0 Å². The molecule has 1 rings (SSSR count). The van der Waals surface area contributed by atoms with Gasteiger partial charge in [0.2, 0.25) is 0 Å². The van der Waals surface area contributed by atoms with Gasteiger partial charge in [-0.2, -0.15) is 0 Å². The van der Waals surface area contributed by atoms with Crippen molar-refractivity contribution in [3.63, 3.8) is 0 Å². The van der Waals surface area contributed by atoms with Crippen LogP contribution in [-0.4, -0.2) is 17.3 Å². The van der Waals surface area contributed by atoms with Crippen molar-refractivity contribution in [3.8, 4) is 0 Å². The number of hydrogen-bond acceptors (Lipinski definition) is 1. The molecule has 0 fully saturated rings. The van der Waals surface area contributed by atoms with E-state index in [0.29, 0.717) is 0 Å². The Hall–Kier alpha value is -0.900. The molecule has 1 atom stereocenters. The summed E-state index contributed by atoms with van der Waals surface area (Å²) in [4.78, 5) is 11.7. The Bertz CT molecular complexity index is 381. The van der Waals surface area contributed by atoms with Gasteiger partial charge in [-0.05, 0) is 32.4 Å². The van der Waals surface area contributed by atoms with E-state index in [1.54, 1.807) is 12.1 Å². The van der Waals surface area contributed by atoms with Gasteiger partial charge in [0, 0.05) is 11.4 Å². The first-order valence-corrected chi connectivity index (χ1v) is 6.29. The summed E-state index contributed by atoms with van der Waals surface area (Å²) >= 11 is 3.30. The molecule has 0 radical (unpaired) electrons. The molecule has 0 bridgehead atoms. The van der Waals surface area contributed by atoms with Crippen molar-refractivity contribution in [1.29, 1.82) is 0 Å². The number of amides is 1. The number of halogens is 2. The Morgan fingerprint density at radius 3 is 2.88 bits per heavy atom. The summed E-state index contributed by atoms with van der Waals surface area (Å²) in [6.45, 7) is 3.73. The maximum absolute atomic E-state index is 13.4. The first-order chi connectivity index (χ1) is 7.54. The lowest BCUT2D eigenvalue weighted by molar-refractivity contribution is 0.0935. The Balaban J connectivity index is 2.76. The molecule has 0 heterocycles. The van der Waals surface area contributed by atoms with E-state index in [4.69, 9.17) is 0 Å². The van der Waals surface area contributed by atoms with Gasteiger partial charge in [-0.3, -0.25) is 4.79 Å². The summed E-state index contributed by atoms with van der Waals surface area (Å²) in [5.41, 5.74) is 0.987. The molecule has 1 aromatic carbocycles. The summed E-state index contributed by atoms with van der Waals surface area (Å²) in [6.07, 6.45) is 0.819. The minimum absolute atomic E-state index is 0.0341. The lowest BCUT2D eigenvalue weighted by Crippen LogP contribution is -2.33. The first kappa shape index (κ1) is 13.2. The van der Waals surface area contributed by atoms with E-state index in [9.17, 15) is 9.18 Å². The van der Waals surface area contributed by atoms with Crippen LogP contribution in [0.25, 0.3) is 0 Å². The Morgan fingerprint density at radius 1 is 1.56 bits per heavy atom. The number of alkyl halides is 1. The van der Waals surface area contributed by atoms with Crippen LogP contribution < -0.4 is 5.32 Å². The smallest absolute Gasteiger partial charge is 0.254 e. The summed E-state index contributed by atoms with van der Waals surface area (Å²) in [5.74, 6) is -0.830. The number of aryl methyl sites for hydroxylation is 1. The van der Waals surface area contributed by atoms with E-state index in [2.05, 4.69) is 21.2 Å². The van der Waals surface area contributed by atoms with Crippen molar-refractivity contribution in [3.05, 3.63) is 35.1 Å². The van der Waals surface area contributed by atoms with Crippen LogP contribution in [0.5, 0.6) is 0 Å². The Labute approximate surface area is 103 Å². The van der Waals surface area contributed by atoms with Gasteiger partial charge in [0.15, 0.2) is 0 Å². The zero-order valence-electron chi connectivity index (χ0n) is 9.39. The summed E-state index contributed by atoms with van der Waals surface area (Å²) in [5, 5.41) is 3.57. The van der Waals surface area contributed by atoms with Crippen LogP contribution in [0.15, 0.2) is 18.2 Å². The van der Waals surface area contributed by atoms with Crippen LogP contribution in [-0.2, 0) is 0 Å². The molecule has 1 amide bonds. The summed E-state index contributed by atoms with van der Waals surface area (Å²) < 4.78 is 13.4. The van der Waals surface area contributed by atoms with Crippen molar-refractivity contribution in [2.75, 3.05) is 5.33 Å². The van der Waals surface area contributed by atoms with Crippen LogP contribution in [0.3, 0.4) is 0 Å². The predicted octanol–water partition coefficient (Wildman–Crippen LogP) is 3.04. The van der Waals surface area contributed by atoms with Crippen molar-refractivity contribution in [2.24, 2.45) is 0 Å². The molecule has 1 N–H and O–H groups in total. The van der Waals surface area contributed by atoms with Gasteiger partial charge in [0.05, 0.1) is 5.56 Å². The second kappa shape index (κ2) is 5.99. The number of benzene rings is 1. The second-order valence-electron chi connectivity index (χ2n) is 3.84. The van der Waals surface area contributed by atoms with Gasteiger partial charge in [-0.1, -0.05) is 27.6 Å². The van der Waals surface area contributed by atoms with Crippen LogP contribution >= 0.6 is 15.9 Å². The fourth-order valence-corrected chi connectivity index (χ4v) is 2.04. The van der Waals surface area contributed by atoms with Gasteiger partial charge in [0.25, 0.3) is 5.91 Å². The van der Waals surface area contributed by atoms with Crippen LogP contribution in [0.2, 0.25) is 0 Å². The Kier molecular flexibility index (Phi) is 4.93. The number of rotatable bonds is 4. The minimum atomic E-state index is -0.478. The molecule has 2 nitrogen and oxygen atoms in total. The molecule has 1 unspecified atom stereocenters. The van der Waals surface area contributed by atoms with E-state index in [0.717, 1.165) is 17.3 Å². The van der Waals surface area contributed by atoms with Crippen LogP contribution in [0.4, 0.5) is 4.39 Å². The highest BCUT2D eigenvalue weighted by molar-refractivity contribution is 9.09. The molecular weight excluding hydrogens is 273 g/mol. The third kappa shape index (κ3) is 3.59. The zero-order chi connectivity index (χ0) is 12.1. The van der Waals surface area contributed by atoms with Gasteiger partial charge in [0.1, 0.15) is 5.82 Å². The molecule has 0 aliphatic rings. The van der Waals surface area contributed by atoms with Crippen LogP contribution in [0, 0.1) is 12.7 Å². The predicted molar refractivity (Wildman–Crippen MR) is 66.5 cm³/mol. The number of nitrogens with one attached hydrogen (secondary N) is 1. The molecule has 16 heavy (non-hydrogen) atoms. The normalized spacial score (nSPS) is 12.2. The monoisotopic (exact) mass is 287 g/mol.